The van der Waals surface area contributed by atoms with Crippen LogP contribution in [-0.4, -0.2) is 62.3 Å². The first-order valence-electron chi connectivity index (χ1n) is 8.59. The lowest BCUT2D eigenvalue weighted by atomic mass is 9.96. The Labute approximate surface area is 128 Å². The molecule has 0 amide bonds. The monoisotopic (exact) mass is 294 g/mol. The molecule has 5 nitrogen and oxygen atoms in total. The van der Waals surface area contributed by atoms with Gasteiger partial charge in [0.1, 0.15) is 0 Å². The highest BCUT2D eigenvalue weighted by atomic mass is 16.5. The Bertz CT molecular complexity index is 373. The molecular weight excluding hydrogens is 264 g/mol. The van der Waals surface area contributed by atoms with Gasteiger partial charge in [-0.3, -0.25) is 4.99 Å². The topological polar surface area (TPSA) is 48.9 Å². The zero-order chi connectivity index (χ0) is 14.7. The molecule has 3 heterocycles. The van der Waals surface area contributed by atoms with Crippen LogP contribution < -0.4 is 10.6 Å². The Balaban J connectivity index is 1.37. The lowest BCUT2D eigenvalue weighted by Crippen LogP contribution is -2.49. The van der Waals surface area contributed by atoms with E-state index in [1.165, 1.54) is 38.8 Å². The fourth-order valence-electron chi connectivity index (χ4n) is 3.98. The molecule has 0 aromatic rings. The quantitative estimate of drug-likeness (QED) is 0.604. The van der Waals surface area contributed by atoms with Gasteiger partial charge in [-0.25, -0.2) is 0 Å². The molecule has 3 rings (SSSR count). The number of hydrogen-bond acceptors (Lipinski definition) is 3. The van der Waals surface area contributed by atoms with E-state index in [2.05, 4.69) is 27.4 Å². The van der Waals surface area contributed by atoms with Crippen LogP contribution in [0.4, 0.5) is 0 Å². The van der Waals surface area contributed by atoms with E-state index in [-0.39, 0.29) is 0 Å². The van der Waals surface area contributed by atoms with Crippen LogP contribution >= 0.6 is 0 Å². The Morgan fingerprint density at radius 2 is 2.24 bits per heavy atom. The third-order valence-electron chi connectivity index (χ3n) is 5.11. The van der Waals surface area contributed by atoms with Gasteiger partial charge in [-0.05, 0) is 44.6 Å². The molecule has 0 aromatic carbocycles. The summed E-state index contributed by atoms with van der Waals surface area (Å²) in [4.78, 5) is 6.92. The third-order valence-corrected chi connectivity index (χ3v) is 5.11. The zero-order valence-electron chi connectivity index (χ0n) is 13.5. The summed E-state index contributed by atoms with van der Waals surface area (Å²) >= 11 is 0. The van der Waals surface area contributed by atoms with Crippen LogP contribution in [0.3, 0.4) is 0 Å². The lowest BCUT2D eigenvalue weighted by Gasteiger charge is -2.31. The predicted molar refractivity (Wildman–Crippen MR) is 85.6 cm³/mol. The van der Waals surface area contributed by atoms with E-state index in [0.29, 0.717) is 18.2 Å². The van der Waals surface area contributed by atoms with E-state index >= 15 is 0 Å². The standard InChI is InChI=1S/C16H30N4O/c1-12-4-3-8-20(11-12)9-7-18-16(17-2)19-14-10-13-5-6-15(14)21-13/h12-15H,3-11H2,1-2H3,(H2,17,18,19). The Morgan fingerprint density at radius 3 is 2.90 bits per heavy atom. The van der Waals surface area contributed by atoms with E-state index < -0.39 is 0 Å². The van der Waals surface area contributed by atoms with Crippen molar-refractivity contribution in [3.63, 3.8) is 0 Å². The second-order valence-electron chi connectivity index (χ2n) is 6.91. The number of hydrogen-bond donors (Lipinski definition) is 2. The Morgan fingerprint density at radius 1 is 1.33 bits per heavy atom. The molecule has 4 atom stereocenters. The summed E-state index contributed by atoms with van der Waals surface area (Å²) in [5, 5.41) is 7.00. The zero-order valence-corrected chi connectivity index (χ0v) is 13.5. The van der Waals surface area contributed by atoms with Crippen molar-refractivity contribution in [2.75, 3.05) is 33.2 Å². The minimum Gasteiger partial charge on any atom is -0.373 e. The molecule has 0 aliphatic carbocycles. The maximum Gasteiger partial charge on any atom is 0.191 e. The Hall–Kier alpha value is -0.810. The number of fused-ring (bicyclic) bond motifs is 2. The fraction of sp³-hybridized carbons (Fsp3) is 0.938. The minimum atomic E-state index is 0.400. The molecule has 5 heteroatoms. The van der Waals surface area contributed by atoms with Crippen LogP contribution in [0.15, 0.2) is 4.99 Å². The number of piperidine rings is 1. The fourth-order valence-corrected chi connectivity index (χ4v) is 3.98. The highest BCUT2D eigenvalue weighted by Crippen LogP contribution is 2.34. The van der Waals surface area contributed by atoms with Crippen molar-refractivity contribution in [1.29, 1.82) is 0 Å². The van der Waals surface area contributed by atoms with Gasteiger partial charge in [0.05, 0.1) is 18.2 Å². The van der Waals surface area contributed by atoms with Gasteiger partial charge < -0.3 is 20.3 Å². The number of ether oxygens (including phenoxy) is 1. The summed E-state index contributed by atoms with van der Waals surface area (Å²) < 4.78 is 5.89. The van der Waals surface area contributed by atoms with E-state index in [4.69, 9.17) is 4.74 Å². The molecule has 0 spiro atoms. The molecule has 0 radical (unpaired) electrons. The maximum atomic E-state index is 5.89. The minimum absolute atomic E-state index is 0.400. The number of nitrogens with zero attached hydrogens (tertiary/aromatic N) is 2. The van der Waals surface area contributed by atoms with Crippen molar-refractivity contribution in [1.82, 2.24) is 15.5 Å². The average molecular weight is 294 g/mol. The van der Waals surface area contributed by atoms with Gasteiger partial charge in [0.15, 0.2) is 5.96 Å². The molecule has 3 aliphatic rings. The van der Waals surface area contributed by atoms with Gasteiger partial charge >= 0.3 is 0 Å². The SMILES string of the molecule is CN=C(NCCN1CCCC(C)C1)NC1CC2CCC1O2. The van der Waals surface area contributed by atoms with Gasteiger partial charge in [-0.1, -0.05) is 6.92 Å². The van der Waals surface area contributed by atoms with Gasteiger partial charge in [-0.2, -0.15) is 0 Å². The summed E-state index contributed by atoms with van der Waals surface area (Å²) in [5.41, 5.74) is 0. The number of likely N-dealkylation sites (tertiary alicyclic amines) is 1. The third kappa shape index (κ3) is 3.89. The molecule has 2 N–H and O–H groups in total. The van der Waals surface area contributed by atoms with Gasteiger partial charge in [0.25, 0.3) is 0 Å². The highest BCUT2D eigenvalue weighted by molar-refractivity contribution is 5.80. The first kappa shape index (κ1) is 15.1. The van der Waals surface area contributed by atoms with Crippen LogP contribution in [0.1, 0.15) is 39.0 Å². The highest BCUT2D eigenvalue weighted by Gasteiger charge is 2.41. The van der Waals surface area contributed by atoms with Crippen LogP contribution in [0, 0.1) is 5.92 Å². The molecule has 0 aromatic heterocycles. The second-order valence-corrected chi connectivity index (χ2v) is 6.91. The van der Waals surface area contributed by atoms with Gasteiger partial charge in [0, 0.05) is 26.7 Å². The summed E-state index contributed by atoms with van der Waals surface area (Å²) in [6.45, 7) is 6.92. The smallest absolute Gasteiger partial charge is 0.191 e. The molecular formula is C16H30N4O. The van der Waals surface area contributed by atoms with Crippen molar-refractivity contribution >= 4 is 5.96 Å². The van der Waals surface area contributed by atoms with Crippen LogP contribution in [0.2, 0.25) is 0 Å². The van der Waals surface area contributed by atoms with E-state index in [1.54, 1.807) is 0 Å². The molecule has 120 valence electrons. The normalized spacial score (nSPS) is 37.0. The van der Waals surface area contributed by atoms with E-state index in [9.17, 15) is 0 Å². The van der Waals surface area contributed by atoms with Crippen molar-refractivity contribution in [2.24, 2.45) is 10.9 Å². The number of aliphatic imine (C=N–C) groups is 1. The summed E-state index contributed by atoms with van der Waals surface area (Å²) in [7, 11) is 1.85. The number of nitrogens with one attached hydrogen (secondary N) is 2. The van der Waals surface area contributed by atoms with Crippen molar-refractivity contribution < 1.29 is 4.74 Å². The largest absolute Gasteiger partial charge is 0.373 e. The molecule has 3 saturated heterocycles. The second kappa shape index (κ2) is 6.97. The number of guanidine groups is 1. The summed E-state index contributed by atoms with van der Waals surface area (Å²) in [6, 6.07) is 0.449. The maximum absolute atomic E-state index is 5.89. The molecule has 2 bridgehead atoms. The first-order chi connectivity index (χ1) is 10.2. The molecule has 0 saturated carbocycles. The van der Waals surface area contributed by atoms with Crippen molar-refractivity contribution in [2.45, 2.75) is 57.3 Å². The van der Waals surface area contributed by atoms with E-state index in [0.717, 1.165) is 31.4 Å². The molecule has 3 fully saturated rings. The molecule has 3 aliphatic heterocycles. The molecule has 4 unspecified atom stereocenters. The number of rotatable bonds is 4. The van der Waals surface area contributed by atoms with Crippen molar-refractivity contribution in [3.8, 4) is 0 Å². The van der Waals surface area contributed by atoms with Crippen LogP contribution in [0.5, 0.6) is 0 Å². The van der Waals surface area contributed by atoms with Gasteiger partial charge in [0.2, 0.25) is 0 Å². The summed E-state index contributed by atoms with van der Waals surface area (Å²) in [5.74, 6) is 1.78. The first-order valence-corrected chi connectivity index (χ1v) is 8.59. The van der Waals surface area contributed by atoms with Crippen molar-refractivity contribution in [3.05, 3.63) is 0 Å². The Kier molecular flexibility index (Phi) is 5.01. The van der Waals surface area contributed by atoms with Crippen LogP contribution in [0.25, 0.3) is 0 Å². The van der Waals surface area contributed by atoms with Crippen LogP contribution in [-0.2, 0) is 4.74 Å². The predicted octanol–water partition coefficient (Wildman–Crippen LogP) is 1.20. The molecule has 21 heavy (non-hydrogen) atoms. The average Bonchev–Trinajstić information content (AvgIpc) is 3.09. The van der Waals surface area contributed by atoms with Gasteiger partial charge in [-0.15, -0.1) is 0 Å². The summed E-state index contributed by atoms with van der Waals surface area (Å²) in [6.07, 6.45) is 7.19. The van der Waals surface area contributed by atoms with E-state index in [1.807, 2.05) is 7.05 Å². The lowest BCUT2D eigenvalue weighted by molar-refractivity contribution is 0.0992.